The number of ketones is 1. The van der Waals surface area contributed by atoms with Gasteiger partial charge in [0.15, 0.2) is 6.10 Å². The third kappa shape index (κ3) is 6.58. The Morgan fingerprint density at radius 3 is 2.15 bits per heavy atom. The van der Waals surface area contributed by atoms with Crippen LogP contribution in [0.15, 0.2) is 48.5 Å². The molecule has 8 heteroatoms. The number of sulfonamides is 1. The van der Waals surface area contributed by atoms with Crippen molar-refractivity contribution in [3.05, 3.63) is 71.0 Å². The highest BCUT2D eigenvalue weighted by Gasteiger charge is 2.20. The van der Waals surface area contributed by atoms with Crippen LogP contribution in [-0.4, -0.2) is 39.1 Å². The van der Waals surface area contributed by atoms with Crippen molar-refractivity contribution in [1.29, 1.82) is 0 Å². The molecule has 0 fully saturated rings. The molecule has 0 radical (unpaired) electrons. The highest BCUT2D eigenvalue weighted by Crippen LogP contribution is 2.12. The molecule has 27 heavy (non-hydrogen) atoms. The number of halogens is 1. The summed E-state index contributed by atoms with van der Waals surface area (Å²) in [6.07, 6.45) is 0.545. The van der Waals surface area contributed by atoms with Gasteiger partial charge in [0, 0.05) is 12.1 Å². The van der Waals surface area contributed by atoms with Crippen molar-refractivity contribution < 1.29 is 27.1 Å². The average Bonchev–Trinajstić information content (AvgIpc) is 2.61. The molecule has 1 N–H and O–H groups in total. The summed E-state index contributed by atoms with van der Waals surface area (Å²) >= 11 is 0. The molecule has 0 saturated heterocycles. The molecule has 1 atom stereocenters. The number of ether oxygens (including phenoxy) is 1. The quantitative estimate of drug-likeness (QED) is 0.549. The first-order valence-electron chi connectivity index (χ1n) is 8.20. The molecule has 6 nitrogen and oxygen atoms in total. The number of hydrogen-bond acceptors (Lipinski definition) is 5. The van der Waals surface area contributed by atoms with Gasteiger partial charge in [-0.2, -0.15) is 0 Å². The van der Waals surface area contributed by atoms with Gasteiger partial charge in [0.25, 0.3) is 0 Å². The maximum absolute atomic E-state index is 12.9. The van der Waals surface area contributed by atoms with Crippen molar-refractivity contribution in [2.75, 3.05) is 12.8 Å². The fourth-order valence-electron chi connectivity index (χ4n) is 2.32. The molecule has 0 amide bonds. The SMILES string of the molecule is C[C@H](OC(=O)c1ccc(CCNS(C)(=O)=O)cc1)C(=O)c1ccc(F)cc1. The first kappa shape index (κ1) is 20.7. The number of rotatable bonds is 8. The molecule has 2 rings (SSSR count). The van der Waals surface area contributed by atoms with Crippen molar-refractivity contribution >= 4 is 21.8 Å². The van der Waals surface area contributed by atoms with Crippen LogP contribution in [0.3, 0.4) is 0 Å². The zero-order valence-electron chi connectivity index (χ0n) is 14.9. The third-order valence-electron chi connectivity index (χ3n) is 3.75. The van der Waals surface area contributed by atoms with E-state index in [1.807, 2.05) is 0 Å². The van der Waals surface area contributed by atoms with E-state index in [2.05, 4.69) is 4.72 Å². The van der Waals surface area contributed by atoms with Gasteiger partial charge >= 0.3 is 5.97 Å². The second-order valence-electron chi connectivity index (χ2n) is 6.03. The van der Waals surface area contributed by atoms with Gasteiger partial charge in [0.1, 0.15) is 5.82 Å². The van der Waals surface area contributed by atoms with Gasteiger partial charge in [-0.1, -0.05) is 12.1 Å². The molecule has 0 heterocycles. The molecule has 0 aromatic heterocycles. The molecule has 144 valence electrons. The summed E-state index contributed by atoms with van der Waals surface area (Å²) in [5, 5.41) is 0. The van der Waals surface area contributed by atoms with E-state index in [1.165, 1.54) is 31.2 Å². The predicted molar refractivity (Wildman–Crippen MR) is 98.6 cm³/mol. The molecule has 0 spiro atoms. The van der Waals surface area contributed by atoms with Gasteiger partial charge < -0.3 is 4.74 Å². The first-order chi connectivity index (χ1) is 12.7. The van der Waals surface area contributed by atoms with Crippen LogP contribution in [-0.2, 0) is 21.2 Å². The second-order valence-corrected chi connectivity index (χ2v) is 7.87. The minimum absolute atomic E-state index is 0.255. The lowest BCUT2D eigenvalue weighted by molar-refractivity contribution is 0.0319. The van der Waals surface area contributed by atoms with Crippen molar-refractivity contribution in [2.24, 2.45) is 0 Å². The number of Topliss-reactive ketones (excluding diaryl/α,β-unsaturated/α-hetero) is 1. The fourth-order valence-corrected chi connectivity index (χ4v) is 2.79. The standard InChI is InChI=1S/C19H20FNO5S/c1-13(18(22)15-7-9-17(20)10-8-15)26-19(23)16-5-3-14(4-6-16)11-12-21-27(2,24)25/h3-10,13,21H,11-12H2,1-2H3/t13-/m0/s1. The Morgan fingerprint density at radius 1 is 1.04 bits per heavy atom. The number of hydrogen-bond donors (Lipinski definition) is 1. The summed E-state index contributed by atoms with van der Waals surface area (Å²) in [4.78, 5) is 24.4. The van der Waals surface area contributed by atoms with Crippen LogP contribution in [0, 0.1) is 5.82 Å². The summed E-state index contributed by atoms with van der Waals surface area (Å²) in [5.41, 5.74) is 1.37. The number of carbonyl (C=O) groups is 2. The minimum atomic E-state index is -3.24. The van der Waals surface area contributed by atoms with Crippen LogP contribution in [0.1, 0.15) is 33.2 Å². The van der Waals surface area contributed by atoms with E-state index in [0.717, 1.165) is 11.8 Å². The van der Waals surface area contributed by atoms with Crippen LogP contribution < -0.4 is 4.72 Å². The maximum atomic E-state index is 12.9. The Bertz CT molecular complexity index is 908. The van der Waals surface area contributed by atoms with Crippen LogP contribution in [0.2, 0.25) is 0 Å². The van der Waals surface area contributed by atoms with E-state index in [-0.39, 0.29) is 17.7 Å². The van der Waals surface area contributed by atoms with Crippen molar-refractivity contribution in [1.82, 2.24) is 4.72 Å². The zero-order valence-corrected chi connectivity index (χ0v) is 15.8. The topological polar surface area (TPSA) is 89.5 Å². The van der Waals surface area contributed by atoms with Crippen LogP contribution in [0.4, 0.5) is 4.39 Å². The molecule has 0 saturated carbocycles. The fraction of sp³-hybridized carbons (Fsp3) is 0.263. The number of benzene rings is 2. The number of esters is 1. The van der Waals surface area contributed by atoms with E-state index in [9.17, 15) is 22.4 Å². The van der Waals surface area contributed by atoms with Gasteiger partial charge in [-0.25, -0.2) is 22.3 Å². The minimum Gasteiger partial charge on any atom is -0.451 e. The summed E-state index contributed by atoms with van der Waals surface area (Å²) < 4.78 is 42.5. The smallest absolute Gasteiger partial charge is 0.338 e. The van der Waals surface area contributed by atoms with Crippen molar-refractivity contribution in [2.45, 2.75) is 19.4 Å². The Hall–Kier alpha value is -2.58. The summed E-state index contributed by atoms with van der Waals surface area (Å²) in [5.74, 6) is -1.53. The highest BCUT2D eigenvalue weighted by atomic mass is 32.2. The van der Waals surface area contributed by atoms with Crippen molar-refractivity contribution in [3.63, 3.8) is 0 Å². The lowest BCUT2D eigenvalue weighted by Crippen LogP contribution is -2.25. The van der Waals surface area contributed by atoms with E-state index in [1.54, 1.807) is 24.3 Å². The van der Waals surface area contributed by atoms with Gasteiger partial charge in [-0.05, 0) is 55.3 Å². The summed E-state index contributed by atoms with van der Waals surface area (Å²) in [6.45, 7) is 1.71. The zero-order chi connectivity index (χ0) is 20.0. The highest BCUT2D eigenvalue weighted by molar-refractivity contribution is 7.88. The maximum Gasteiger partial charge on any atom is 0.338 e. The molecular weight excluding hydrogens is 373 g/mol. The van der Waals surface area contributed by atoms with Gasteiger partial charge in [0.05, 0.1) is 11.8 Å². The Morgan fingerprint density at radius 2 is 1.59 bits per heavy atom. The van der Waals surface area contributed by atoms with E-state index >= 15 is 0 Å². The molecule has 0 unspecified atom stereocenters. The Labute approximate surface area is 157 Å². The Balaban J connectivity index is 1.93. The lowest BCUT2D eigenvalue weighted by Gasteiger charge is -2.12. The van der Waals surface area contributed by atoms with Crippen LogP contribution in [0.25, 0.3) is 0 Å². The third-order valence-corrected chi connectivity index (χ3v) is 4.48. The second kappa shape index (κ2) is 8.88. The van der Waals surface area contributed by atoms with Crippen molar-refractivity contribution in [3.8, 4) is 0 Å². The molecule has 2 aromatic carbocycles. The van der Waals surface area contributed by atoms with Crippen LogP contribution in [0.5, 0.6) is 0 Å². The molecule has 0 aliphatic heterocycles. The predicted octanol–water partition coefficient (Wildman–Crippen LogP) is 2.35. The molecular formula is C19H20FNO5S. The molecule has 0 aliphatic rings. The first-order valence-corrected chi connectivity index (χ1v) is 10.1. The summed E-state index contributed by atoms with van der Waals surface area (Å²) in [7, 11) is -3.24. The molecule has 0 bridgehead atoms. The van der Waals surface area contributed by atoms with E-state index < -0.39 is 33.7 Å². The van der Waals surface area contributed by atoms with Gasteiger partial charge in [0.2, 0.25) is 15.8 Å². The monoisotopic (exact) mass is 393 g/mol. The normalized spacial score (nSPS) is 12.4. The number of carbonyl (C=O) groups excluding carboxylic acids is 2. The summed E-state index contributed by atoms with van der Waals surface area (Å²) in [6, 6.07) is 11.5. The number of nitrogens with one attached hydrogen (secondary N) is 1. The average molecular weight is 393 g/mol. The largest absolute Gasteiger partial charge is 0.451 e. The van der Waals surface area contributed by atoms with Crippen LogP contribution >= 0.6 is 0 Å². The molecule has 0 aliphatic carbocycles. The Kier molecular flexibility index (Phi) is 6.81. The lowest BCUT2D eigenvalue weighted by atomic mass is 10.1. The van der Waals surface area contributed by atoms with E-state index in [0.29, 0.717) is 6.42 Å². The van der Waals surface area contributed by atoms with Gasteiger partial charge in [-0.15, -0.1) is 0 Å². The van der Waals surface area contributed by atoms with Gasteiger partial charge in [-0.3, -0.25) is 4.79 Å². The molecule has 2 aromatic rings. The van der Waals surface area contributed by atoms with E-state index in [4.69, 9.17) is 4.74 Å².